The van der Waals surface area contributed by atoms with Crippen molar-refractivity contribution in [3.05, 3.63) is 88.4 Å². The second-order valence-electron chi connectivity index (χ2n) is 8.32. The van der Waals surface area contributed by atoms with Crippen molar-refractivity contribution < 1.29 is 22.7 Å². The number of benzene rings is 3. The summed E-state index contributed by atoms with van der Waals surface area (Å²) in [5, 5.41) is 3.34. The van der Waals surface area contributed by atoms with Crippen LogP contribution >= 0.6 is 23.2 Å². The van der Waals surface area contributed by atoms with E-state index in [0.717, 1.165) is 4.31 Å². The third-order valence-electron chi connectivity index (χ3n) is 5.86. The largest absolute Gasteiger partial charge is 0.497 e. The van der Waals surface area contributed by atoms with Crippen molar-refractivity contribution in [2.24, 2.45) is 0 Å². The Balaban J connectivity index is 2.07. The molecule has 1 N–H and O–H groups in total. The summed E-state index contributed by atoms with van der Waals surface area (Å²) in [7, 11) is -2.71. The van der Waals surface area contributed by atoms with Crippen molar-refractivity contribution in [1.29, 1.82) is 0 Å². The number of anilines is 1. The van der Waals surface area contributed by atoms with Gasteiger partial charge in [0, 0.05) is 34.8 Å². The number of ether oxygens (including phenoxy) is 1. The first-order chi connectivity index (χ1) is 18.1. The molecule has 3 rings (SSSR count). The number of likely N-dealkylation sites (N-methyl/N-ethyl adjacent to an activating group) is 1. The normalized spacial score (nSPS) is 11.9. The van der Waals surface area contributed by atoms with Crippen molar-refractivity contribution in [2.75, 3.05) is 24.5 Å². The summed E-state index contributed by atoms with van der Waals surface area (Å²) < 4.78 is 33.8. The van der Waals surface area contributed by atoms with Crippen LogP contribution in [0.4, 0.5) is 5.69 Å². The highest BCUT2D eigenvalue weighted by atomic mass is 35.5. The molecule has 202 valence electrons. The number of hydrogen-bond donors (Lipinski definition) is 1. The van der Waals surface area contributed by atoms with Crippen LogP contribution in [0, 0.1) is 0 Å². The Morgan fingerprint density at radius 1 is 0.974 bits per heavy atom. The molecule has 2 amide bonds. The Morgan fingerprint density at radius 2 is 1.61 bits per heavy atom. The first kappa shape index (κ1) is 29.3. The molecule has 0 saturated heterocycles. The molecule has 0 fully saturated rings. The summed E-state index contributed by atoms with van der Waals surface area (Å²) in [5.41, 5.74) is 0.669. The molecule has 1 atom stereocenters. The first-order valence-corrected chi connectivity index (χ1v) is 14.0. The van der Waals surface area contributed by atoms with Gasteiger partial charge in [0.25, 0.3) is 10.0 Å². The topological polar surface area (TPSA) is 96.0 Å². The zero-order chi connectivity index (χ0) is 27.9. The highest BCUT2D eigenvalue weighted by molar-refractivity contribution is 7.92. The molecule has 3 aromatic rings. The number of sulfonamides is 1. The molecule has 0 aromatic heterocycles. The van der Waals surface area contributed by atoms with E-state index < -0.39 is 34.4 Å². The minimum Gasteiger partial charge on any atom is -0.497 e. The molecule has 0 aliphatic heterocycles. The van der Waals surface area contributed by atoms with Crippen LogP contribution < -0.4 is 14.4 Å². The molecular formula is C27H29Cl2N3O5S. The van der Waals surface area contributed by atoms with Gasteiger partial charge in [-0.25, -0.2) is 8.42 Å². The fourth-order valence-corrected chi connectivity index (χ4v) is 5.72. The average molecular weight is 579 g/mol. The lowest BCUT2D eigenvalue weighted by atomic mass is 10.1. The van der Waals surface area contributed by atoms with Crippen LogP contribution in [0.1, 0.15) is 19.4 Å². The molecule has 0 spiro atoms. The minimum atomic E-state index is -4.18. The quantitative estimate of drug-likeness (QED) is 0.354. The van der Waals surface area contributed by atoms with Crippen LogP contribution in [0.25, 0.3) is 0 Å². The fourth-order valence-electron chi connectivity index (χ4n) is 3.77. The van der Waals surface area contributed by atoms with Gasteiger partial charge in [-0.2, -0.15) is 0 Å². The highest BCUT2D eigenvalue weighted by Crippen LogP contribution is 2.29. The zero-order valence-electron chi connectivity index (χ0n) is 21.2. The Kier molecular flexibility index (Phi) is 10.0. The lowest BCUT2D eigenvalue weighted by molar-refractivity contribution is -0.139. The molecule has 8 nitrogen and oxygen atoms in total. The van der Waals surface area contributed by atoms with Gasteiger partial charge >= 0.3 is 0 Å². The lowest BCUT2D eigenvalue weighted by Gasteiger charge is -2.32. The molecule has 0 bridgehead atoms. The van der Waals surface area contributed by atoms with Gasteiger partial charge in [-0.05, 0) is 50.2 Å². The summed E-state index contributed by atoms with van der Waals surface area (Å²) in [5.74, 6) is -0.608. The maximum absolute atomic E-state index is 13.9. The van der Waals surface area contributed by atoms with E-state index in [1.165, 1.54) is 30.2 Å². The van der Waals surface area contributed by atoms with Gasteiger partial charge in [-0.1, -0.05) is 53.5 Å². The average Bonchev–Trinajstić information content (AvgIpc) is 2.91. The minimum absolute atomic E-state index is 0.00749. The van der Waals surface area contributed by atoms with Crippen molar-refractivity contribution in [3.63, 3.8) is 0 Å². The van der Waals surface area contributed by atoms with Crippen LogP contribution in [-0.2, 0) is 26.2 Å². The summed E-state index contributed by atoms with van der Waals surface area (Å²) in [6, 6.07) is 18.2. The maximum atomic E-state index is 13.9. The number of halogens is 2. The van der Waals surface area contributed by atoms with E-state index in [-0.39, 0.29) is 17.1 Å². The van der Waals surface area contributed by atoms with Crippen molar-refractivity contribution in [3.8, 4) is 5.75 Å². The molecule has 11 heteroatoms. The number of carbonyl (C=O) groups excluding carboxylic acids is 2. The lowest BCUT2D eigenvalue weighted by Crippen LogP contribution is -2.51. The number of amides is 2. The van der Waals surface area contributed by atoms with Crippen LogP contribution in [0.2, 0.25) is 10.0 Å². The molecule has 0 heterocycles. The van der Waals surface area contributed by atoms with Crippen LogP contribution in [-0.4, -0.2) is 51.4 Å². The van der Waals surface area contributed by atoms with Gasteiger partial charge in [-0.15, -0.1) is 0 Å². The second-order valence-corrected chi connectivity index (χ2v) is 11.0. The Hall–Kier alpha value is -3.27. The van der Waals surface area contributed by atoms with Gasteiger partial charge in [0.15, 0.2) is 0 Å². The fraction of sp³-hybridized carbons (Fsp3) is 0.259. The van der Waals surface area contributed by atoms with E-state index >= 15 is 0 Å². The predicted molar refractivity (Wildman–Crippen MR) is 149 cm³/mol. The third-order valence-corrected chi connectivity index (χ3v) is 8.36. The maximum Gasteiger partial charge on any atom is 0.264 e. The molecular weight excluding hydrogens is 549 g/mol. The number of methoxy groups -OCH3 is 1. The van der Waals surface area contributed by atoms with E-state index in [2.05, 4.69) is 5.32 Å². The third kappa shape index (κ3) is 6.78. The Bertz CT molecular complexity index is 1370. The van der Waals surface area contributed by atoms with E-state index in [1.807, 2.05) is 0 Å². The van der Waals surface area contributed by atoms with Crippen molar-refractivity contribution in [1.82, 2.24) is 10.2 Å². The number of nitrogens with one attached hydrogen (secondary N) is 1. The van der Waals surface area contributed by atoms with E-state index in [9.17, 15) is 18.0 Å². The monoisotopic (exact) mass is 577 g/mol. The highest BCUT2D eigenvalue weighted by Gasteiger charge is 2.33. The molecule has 0 aliphatic rings. The van der Waals surface area contributed by atoms with Crippen LogP contribution in [0.5, 0.6) is 5.75 Å². The van der Waals surface area contributed by atoms with Crippen molar-refractivity contribution in [2.45, 2.75) is 31.3 Å². The summed E-state index contributed by atoms with van der Waals surface area (Å²) in [4.78, 5) is 27.9. The van der Waals surface area contributed by atoms with E-state index in [4.69, 9.17) is 27.9 Å². The predicted octanol–water partition coefficient (Wildman–Crippen LogP) is 4.75. The first-order valence-electron chi connectivity index (χ1n) is 11.8. The number of hydrogen-bond acceptors (Lipinski definition) is 5. The summed E-state index contributed by atoms with van der Waals surface area (Å²) in [6.45, 7) is 2.99. The van der Waals surface area contributed by atoms with Gasteiger partial charge < -0.3 is 15.0 Å². The smallest absolute Gasteiger partial charge is 0.264 e. The van der Waals surface area contributed by atoms with Gasteiger partial charge in [0.1, 0.15) is 18.3 Å². The standard InChI is InChI=1S/C27H29Cl2N3O5S/c1-4-30-27(34)19(2)31(17-23-24(28)14-9-15-25(23)29)26(33)18-32(20-10-8-11-21(16-20)37-3)38(35,36)22-12-6-5-7-13-22/h5-16,19H,4,17-18H2,1-3H3,(H,30,34). The number of carbonyl (C=O) groups is 2. The van der Waals surface area contributed by atoms with Crippen LogP contribution in [0.3, 0.4) is 0 Å². The van der Waals surface area contributed by atoms with Crippen LogP contribution in [0.15, 0.2) is 77.7 Å². The SMILES string of the molecule is CCNC(=O)C(C)N(Cc1c(Cl)cccc1Cl)C(=O)CN(c1cccc(OC)c1)S(=O)(=O)c1ccccc1. The van der Waals surface area contributed by atoms with Gasteiger partial charge in [0.2, 0.25) is 11.8 Å². The molecule has 0 radical (unpaired) electrons. The summed E-state index contributed by atoms with van der Waals surface area (Å²) >= 11 is 12.7. The van der Waals surface area contributed by atoms with E-state index in [1.54, 1.807) is 68.4 Å². The van der Waals surface area contributed by atoms with Gasteiger partial charge in [-0.3, -0.25) is 13.9 Å². The molecule has 0 saturated carbocycles. The number of rotatable bonds is 11. The molecule has 0 aliphatic carbocycles. The zero-order valence-corrected chi connectivity index (χ0v) is 23.6. The van der Waals surface area contributed by atoms with Gasteiger partial charge in [0.05, 0.1) is 17.7 Å². The number of nitrogens with zero attached hydrogens (tertiary/aromatic N) is 2. The molecule has 3 aromatic carbocycles. The van der Waals surface area contributed by atoms with Crippen molar-refractivity contribution >= 4 is 50.7 Å². The Labute approximate surface area is 233 Å². The second kappa shape index (κ2) is 13.0. The van der Waals surface area contributed by atoms with E-state index in [0.29, 0.717) is 27.9 Å². The molecule has 1 unspecified atom stereocenters. The molecule has 38 heavy (non-hydrogen) atoms. The Morgan fingerprint density at radius 3 is 2.21 bits per heavy atom. The summed E-state index contributed by atoms with van der Waals surface area (Å²) in [6.07, 6.45) is 0.